The first-order valence-corrected chi connectivity index (χ1v) is 14.0. The molecule has 0 saturated carbocycles. The second kappa shape index (κ2) is 13.1. The Bertz CT molecular complexity index is 1220. The SMILES string of the molecule is Cc1ccc(C)c(-c2csc3nc(CN(CCN4CCOCC4)CC(O)COCC(C)C)[nH]c(=O)c23)c1. The summed E-state index contributed by atoms with van der Waals surface area (Å²) in [6, 6.07) is 6.30. The molecular weight excluding hydrogens is 488 g/mol. The molecule has 1 aliphatic rings. The lowest BCUT2D eigenvalue weighted by molar-refractivity contribution is 0.000565. The fraction of sp³-hybridized carbons (Fsp3) is 0.571. The van der Waals surface area contributed by atoms with E-state index in [-0.39, 0.29) is 5.56 Å². The number of fused-ring (bicyclic) bond motifs is 1. The third-order valence-electron chi connectivity index (χ3n) is 6.62. The van der Waals surface area contributed by atoms with Crippen molar-refractivity contribution in [2.24, 2.45) is 5.92 Å². The third kappa shape index (κ3) is 7.69. The number of aromatic amines is 1. The van der Waals surface area contributed by atoms with Crippen molar-refractivity contribution >= 4 is 21.6 Å². The lowest BCUT2D eigenvalue weighted by Gasteiger charge is -2.30. The van der Waals surface area contributed by atoms with Crippen LogP contribution in [0.1, 0.15) is 30.8 Å². The standard InChI is InChI=1S/C28H40N4O4S/c1-19(2)16-36-17-22(33)14-32(8-7-31-9-11-35-12-10-31)15-25-29-27(34)26-24(18-37-28(26)30-25)23-13-20(3)5-6-21(23)4/h5-6,13,18-19,22,33H,7-12,14-17H2,1-4H3,(H,29,30,34). The quantitative estimate of drug-likeness (QED) is 0.372. The molecule has 3 heterocycles. The first kappa shape index (κ1) is 27.9. The Balaban J connectivity index is 1.52. The highest BCUT2D eigenvalue weighted by Gasteiger charge is 2.19. The van der Waals surface area contributed by atoms with E-state index in [1.54, 1.807) is 0 Å². The van der Waals surface area contributed by atoms with Crippen LogP contribution in [0.5, 0.6) is 0 Å². The van der Waals surface area contributed by atoms with E-state index in [2.05, 4.69) is 60.7 Å². The second-order valence-electron chi connectivity index (χ2n) is 10.4. The van der Waals surface area contributed by atoms with Gasteiger partial charge < -0.3 is 19.6 Å². The first-order valence-electron chi connectivity index (χ1n) is 13.2. The molecule has 0 radical (unpaired) electrons. The van der Waals surface area contributed by atoms with Crippen molar-refractivity contribution in [3.05, 3.63) is 50.9 Å². The van der Waals surface area contributed by atoms with Crippen molar-refractivity contribution in [2.45, 2.75) is 40.3 Å². The number of aromatic nitrogens is 2. The molecule has 8 nitrogen and oxygen atoms in total. The Labute approximate surface area is 223 Å². The molecule has 1 atom stereocenters. The molecule has 1 aliphatic heterocycles. The van der Waals surface area contributed by atoms with E-state index in [1.807, 2.05) is 5.38 Å². The number of aliphatic hydroxyl groups is 1. The van der Waals surface area contributed by atoms with Gasteiger partial charge in [-0.3, -0.25) is 14.6 Å². The van der Waals surface area contributed by atoms with Crippen molar-refractivity contribution in [1.29, 1.82) is 0 Å². The van der Waals surface area contributed by atoms with Gasteiger partial charge in [0, 0.05) is 50.3 Å². The van der Waals surface area contributed by atoms with Gasteiger partial charge in [-0.25, -0.2) is 4.98 Å². The molecule has 202 valence electrons. The summed E-state index contributed by atoms with van der Waals surface area (Å²) in [5.74, 6) is 1.04. The van der Waals surface area contributed by atoms with E-state index >= 15 is 0 Å². The predicted molar refractivity (Wildman–Crippen MR) is 149 cm³/mol. The van der Waals surface area contributed by atoms with Gasteiger partial charge in [0.25, 0.3) is 5.56 Å². The summed E-state index contributed by atoms with van der Waals surface area (Å²) in [5.41, 5.74) is 4.18. The molecule has 0 amide bonds. The van der Waals surface area contributed by atoms with Crippen molar-refractivity contribution in [3.8, 4) is 11.1 Å². The van der Waals surface area contributed by atoms with Gasteiger partial charge in [-0.15, -0.1) is 11.3 Å². The zero-order valence-corrected chi connectivity index (χ0v) is 23.3. The van der Waals surface area contributed by atoms with Crippen LogP contribution in [0.3, 0.4) is 0 Å². The van der Waals surface area contributed by atoms with Crippen LogP contribution in [0.4, 0.5) is 0 Å². The van der Waals surface area contributed by atoms with Crippen LogP contribution in [0.25, 0.3) is 21.3 Å². The third-order valence-corrected chi connectivity index (χ3v) is 7.49. The van der Waals surface area contributed by atoms with Gasteiger partial charge in [0.05, 0.1) is 37.9 Å². The van der Waals surface area contributed by atoms with Crippen molar-refractivity contribution < 1.29 is 14.6 Å². The number of nitrogens with one attached hydrogen (secondary N) is 1. The van der Waals surface area contributed by atoms with Gasteiger partial charge in [0.15, 0.2) is 0 Å². The molecular formula is C28H40N4O4S. The minimum atomic E-state index is -0.614. The first-order chi connectivity index (χ1) is 17.8. The maximum absolute atomic E-state index is 13.3. The number of ether oxygens (including phenoxy) is 2. The Hall–Kier alpha value is -2.14. The van der Waals surface area contributed by atoms with Crippen LogP contribution in [0.2, 0.25) is 0 Å². The molecule has 0 spiro atoms. The van der Waals surface area contributed by atoms with Gasteiger partial charge in [0.1, 0.15) is 10.7 Å². The van der Waals surface area contributed by atoms with Crippen LogP contribution >= 0.6 is 11.3 Å². The van der Waals surface area contributed by atoms with Gasteiger partial charge in [-0.05, 0) is 30.9 Å². The summed E-state index contributed by atoms with van der Waals surface area (Å²) in [7, 11) is 0. The van der Waals surface area contributed by atoms with Crippen molar-refractivity contribution in [2.75, 3.05) is 59.2 Å². The van der Waals surface area contributed by atoms with E-state index in [0.29, 0.717) is 43.4 Å². The number of rotatable bonds is 12. The van der Waals surface area contributed by atoms with Crippen LogP contribution in [0.15, 0.2) is 28.4 Å². The van der Waals surface area contributed by atoms with Crippen molar-refractivity contribution in [1.82, 2.24) is 19.8 Å². The number of hydrogen-bond acceptors (Lipinski definition) is 8. The highest BCUT2D eigenvalue weighted by molar-refractivity contribution is 7.17. The number of morpholine rings is 1. The maximum atomic E-state index is 13.3. The molecule has 1 unspecified atom stereocenters. The lowest BCUT2D eigenvalue weighted by atomic mass is 9.99. The summed E-state index contributed by atoms with van der Waals surface area (Å²) in [5, 5.41) is 13.3. The Morgan fingerprint density at radius 3 is 2.76 bits per heavy atom. The zero-order chi connectivity index (χ0) is 26.4. The minimum Gasteiger partial charge on any atom is -0.389 e. The topological polar surface area (TPSA) is 90.9 Å². The van der Waals surface area contributed by atoms with E-state index in [9.17, 15) is 9.90 Å². The molecule has 1 saturated heterocycles. The average Bonchev–Trinajstić information content (AvgIpc) is 3.29. The molecule has 0 bridgehead atoms. The zero-order valence-electron chi connectivity index (χ0n) is 22.5. The summed E-state index contributed by atoms with van der Waals surface area (Å²) in [6.07, 6.45) is -0.614. The van der Waals surface area contributed by atoms with E-state index in [4.69, 9.17) is 14.5 Å². The molecule has 1 aromatic carbocycles. The van der Waals surface area contributed by atoms with Crippen LogP contribution < -0.4 is 5.56 Å². The molecule has 4 rings (SSSR count). The molecule has 2 N–H and O–H groups in total. The van der Waals surface area contributed by atoms with Gasteiger partial charge >= 0.3 is 0 Å². The molecule has 1 fully saturated rings. The fourth-order valence-electron chi connectivity index (χ4n) is 4.64. The van der Waals surface area contributed by atoms with Crippen molar-refractivity contribution in [3.63, 3.8) is 0 Å². The molecule has 3 aromatic rings. The van der Waals surface area contributed by atoms with E-state index in [0.717, 1.165) is 66.5 Å². The molecule has 9 heteroatoms. The summed E-state index contributed by atoms with van der Waals surface area (Å²) < 4.78 is 11.1. The molecule has 37 heavy (non-hydrogen) atoms. The molecule has 2 aromatic heterocycles. The Kier molecular flexibility index (Phi) is 9.86. The normalized spacial score (nSPS) is 15.8. The number of aryl methyl sites for hydroxylation is 2. The fourth-order valence-corrected chi connectivity index (χ4v) is 5.60. The summed E-state index contributed by atoms with van der Waals surface area (Å²) >= 11 is 1.50. The largest absolute Gasteiger partial charge is 0.389 e. The number of nitrogens with zero attached hydrogens (tertiary/aromatic N) is 3. The smallest absolute Gasteiger partial charge is 0.260 e. The Morgan fingerprint density at radius 1 is 1.22 bits per heavy atom. The minimum absolute atomic E-state index is 0.119. The lowest BCUT2D eigenvalue weighted by Crippen LogP contribution is -2.43. The maximum Gasteiger partial charge on any atom is 0.260 e. The van der Waals surface area contributed by atoms with Crippen LogP contribution in [-0.2, 0) is 16.0 Å². The number of aliphatic hydroxyl groups excluding tert-OH is 1. The van der Waals surface area contributed by atoms with Gasteiger partial charge in [-0.2, -0.15) is 0 Å². The van der Waals surface area contributed by atoms with E-state index in [1.165, 1.54) is 11.3 Å². The average molecular weight is 529 g/mol. The molecule has 0 aliphatic carbocycles. The summed E-state index contributed by atoms with van der Waals surface area (Å²) in [4.78, 5) is 26.4. The number of hydrogen-bond donors (Lipinski definition) is 2. The summed E-state index contributed by atoms with van der Waals surface area (Å²) in [6.45, 7) is 15.1. The van der Waals surface area contributed by atoms with E-state index < -0.39 is 6.10 Å². The number of benzene rings is 1. The van der Waals surface area contributed by atoms with Crippen LogP contribution in [0, 0.1) is 19.8 Å². The van der Waals surface area contributed by atoms with Gasteiger partial charge in [-0.1, -0.05) is 37.6 Å². The van der Waals surface area contributed by atoms with Crippen LogP contribution in [-0.4, -0.2) is 90.1 Å². The highest BCUT2D eigenvalue weighted by Crippen LogP contribution is 2.33. The predicted octanol–water partition coefficient (Wildman–Crippen LogP) is 3.44. The second-order valence-corrected chi connectivity index (χ2v) is 11.3. The number of H-pyrrole nitrogens is 1. The van der Waals surface area contributed by atoms with Gasteiger partial charge in [0.2, 0.25) is 0 Å². The number of thiophene rings is 1. The highest BCUT2D eigenvalue weighted by atomic mass is 32.1. The Morgan fingerprint density at radius 2 is 2.00 bits per heavy atom. The monoisotopic (exact) mass is 528 g/mol.